The van der Waals surface area contributed by atoms with Crippen molar-refractivity contribution >= 4 is 69.0 Å². The highest BCUT2D eigenvalue weighted by Gasteiger charge is 2.44. The van der Waals surface area contributed by atoms with Gasteiger partial charge in [0, 0.05) is 93.5 Å². The number of H-pyrrole nitrogens is 1. The van der Waals surface area contributed by atoms with Gasteiger partial charge in [-0.3, -0.25) is 43.7 Å². The van der Waals surface area contributed by atoms with Crippen LogP contribution in [0.1, 0.15) is 100.0 Å². The van der Waals surface area contributed by atoms with E-state index in [-0.39, 0.29) is 59.8 Å². The molecule has 0 bridgehead atoms. The average Bonchev–Trinajstić information content (AvgIpc) is 3.85. The number of benzene rings is 4. The van der Waals surface area contributed by atoms with Gasteiger partial charge in [0.1, 0.15) is 17.4 Å². The summed E-state index contributed by atoms with van der Waals surface area (Å²) in [6, 6.07) is 19.0. The Morgan fingerprint density at radius 3 is 2.30 bits per heavy atom. The standard InChI is InChI=1S/C52H57F2N9O7/c53-34-24-33(25-35(54)27-34)23-32-5-11-44-43(26-32)49(60-59-44)58-50(67)41-10-7-38(29-45(41)57-36-13-21-70-22-14-36)62-19-17-61(18-20-62)31-48(66)56-16-4-2-1-3-15-55-37-6-9-40-42(28-37)52(69)63(51(40)68)46-12-8-39(64)30-47(46)65/h5-7,9-11,24-29,36,46,55,57H,1-4,8,12-23,30-31H2,(H,56,66)(H2,58,59,60,67). The zero-order valence-corrected chi connectivity index (χ0v) is 38.9. The second-order valence-electron chi connectivity index (χ2n) is 18.6. The average molecular weight is 958 g/mol. The van der Waals surface area contributed by atoms with Crippen molar-refractivity contribution in [1.29, 1.82) is 0 Å². The topological polar surface area (TPSA) is 198 Å². The zero-order chi connectivity index (χ0) is 48.7. The number of nitrogens with one attached hydrogen (secondary N) is 5. The van der Waals surface area contributed by atoms with Crippen LogP contribution in [0.4, 0.5) is 31.7 Å². The van der Waals surface area contributed by atoms with Crippen LogP contribution >= 0.6 is 0 Å². The Balaban J connectivity index is 0.711. The van der Waals surface area contributed by atoms with Gasteiger partial charge in [-0.2, -0.15) is 5.10 Å². The van der Waals surface area contributed by atoms with E-state index < -0.39 is 29.5 Å². The van der Waals surface area contributed by atoms with E-state index in [2.05, 4.69) is 41.3 Å². The zero-order valence-electron chi connectivity index (χ0n) is 38.9. The number of piperazine rings is 1. The smallest absolute Gasteiger partial charge is 0.262 e. The maximum Gasteiger partial charge on any atom is 0.262 e. The van der Waals surface area contributed by atoms with E-state index >= 15 is 0 Å². The highest BCUT2D eigenvalue weighted by Crippen LogP contribution is 2.32. The van der Waals surface area contributed by atoms with E-state index in [1.165, 1.54) is 12.1 Å². The summed E-state index contributed by atoms with van der Waals surface area (Å²) in [7, 11) is 0. The molecule has 0 spiro atoms. The molecule has 9 rings (SSSR count). The number of hydrogen-bond acceptors (Lipinski definition) is 12. The van der Waals surface area contributed by atoms with Gasteiger partial charge in [-0.1, -0.05) is 18.9 Å². The summed E-state index contributed by atoms with van der Waals surface area (Å²) in [5.41, 5.74) is 5.38. The third kappa shape index (κ3) is 11.3. The van der Waals surface area contributed by atoms with Gasteiger partial charge in [0.05, 0.1) is 41.2 Å². The van der Waals surface area contributed by atoms with Gasteiger partial charge < -0.3 is 30.9 Å². The number of imide groups is 1. The number of hydrogen-bond donors (Lipinski definition) is 5. The minimum Gasteiger partial charge on any atom is -0.385 e. The molecule has 3 fully saturated rings. The normalized spacial score (nSPS) is 17.8. The minimum atomic E-state index is -0.891. The molecular formula is C52H57F2N9O7. The van der Waals surface area contributed by atoms with Crippen LogP contribution in [0.3, 0.4) is 0 Å². The monoisotopic (exact) mass is 957 g/mol. The number of ether oxygens (including phenoxy) is 1. The molecule has 0 radical (unpaired) electrons. The Morgan fingerprint density at radius 2 is 1.53 bits per heavy atom. The molecule has 18 heteroatoms. The Bertz CT molecular complexity index is 2780. The summed E-state index contributed by atoms with van der Waals surface area (Å²) in [5.74, 6) is -2.83. The van der Waals surface area contributed by atoms with Crippen LogP contribution in [-0.4, -0.2) is 126 Å². The van der Waals surface area contributed by atoms with Gasteiger partial charge in [0.15, 0.2) is 11.6 Å². The van der Waals surface area contributed by atoms with Crippen molar-refractivity contribution in [3.63, 3.8) is 0 Å². The maximum absolute atomic E-state index is 14.0. The number of ketones is 2. The van der Waals surface area contributed by atoms with Crippen molar-refractivity contribution in [2.45, 2.75) is 76.3 Å². The molecule has 4 aliphatic rings. The van der Waals surface area contributed by atoms with Crippen LogP contribution in [0.5, 0.6) is 0 Å². The molecule has 4 amide bonds. The fraction of sp³-hybridized carbons (Fsp3) is 0.404. The number of aromatic amines is 1. The number of amides is 4. The number of unbranched alkanes of at least 4 members (excludes halogenated alkanes) is 3. The predicted molar refractivity (Wildman–Crippen MR) is 260 cm³/mol. The fourth-order valence-electron chi connectivity index (χ4n) is 9.77. The fourth-order valence-corrected chi connectivity index (χ4v) is 9.77. The van der Waals surface area contributed by atoms with Crippen molar-refractivity contribution in [1.82, 2.24) is 25.3 Å². The summed E-state index contributed by atoms with van der Waals surface area (Å²) in [6.45, 7) is 5.62. The molecule has 1 saturated carbocycles. The van der Waals surface area contributed by atoms with Crippen molar-refractivity contribution in [2.24, 2.45) is 0 Å². The SMILES string of the molecule is O=C1CCC(N2C(=O)c3ccc(NCCCCCCNC(=O)CN4CCN(c5ccc(C(=O)Nc6n[nH]c7ccc(Cc8cc(F)cc(F)c8)cc67)c(NC6CCOCC6)c5)CC4)cc3C2=O)C(=O)C1. The maximum atomic E-state index is 14.0. The lowest BCUT2D eigenvalue weighted by Gasteiger charge is -2.36. The van der Waals surface area contributed by atoms with Gasteiger partial charge in [-0.25, -0.2) is 8.78 Å². The van der Waals surface area contributed by atoms with Gasteiger partial charge >= 0.3 is 0 Å². The Labute approximate surface area is 403 Å². The predicted octanol–water partition coefficient (Wildman–Crippen LogP) is 6.47. The van der Waals surface area contributed by atoms with Gasteiger partial charge in [-0.15, -0.1) is 0 Å². The molecule has 70 heavy (non-hydrogen) atoms. The first-order valence-corrected chi connectivity index (χ1v) is 24.2. The van der Waals surface area contributed by atoms with Gasteiger partial charge in [-0.05, 0) is 110 Å². The van der Waals surface area contributed by atoms with Gasteiger partial charge in [0.25, 0.3) is 17.7 Å². The second-order valence-corrected chi connectivity index (χ2v) is 18.6. The molecule has 1 atom stereocenters. The van der Waals surface area contributed by atoms with E-state index in [1.807, 2.05) is 36.4 Å². The molecule has 1 aliphatic carbocycles. The molecule has 4 heterocycles. The molecule has 5 aromatic rings. The van der Waals surface area contributed by atoms with Crippen molar-refractivity contribution in [3.05, 3.63) is 112 Å². The van der Waals surface area contributed by atoms with E-state index in [4.69, 9.17) is 4.74 Å². The van der Waals surface area contributed by atoms with Crippen LogP contribution in [0.15, 0.2) is 72.8 Å². The molecule has 2 saturated heterocycles. The first kappa shape index (κ1) is 48.0. The molecule has 366 valence electrons. The Kier molecular flexibility index (Phi) is 14.9. The highest BCUT2D eigenvalue weighted by molar-refractivity contribution is 6.24. The number of carbonyl (C=O) groups excluding carboxylic acids is 6. The van der Waals surface area contributed by atoms with Crippen molar-refractivity contribution < 1.29 is 42.3 Å². The molecular weight excluding hydrogens is 901 g/mol. The van der Waals surface area contributed by atoms with E-state index in [9.17, 15) is 37.5 Å². The third-order valence-corrected chi connectivity index (χ3v) is 13.5. The summed E-state index contributed by atoms with van der Waals surface area (Å²) < 4.78 is 33.4. The molecule has 16 nitrogen and oxygen atoms in total. The lowest BCUT2D eigenvalue weighted by Crippen LogP contribution is -2.49. The van der Waals surface area contributed by atoms with Crippen LogP contribution in [-0.2, 0) is 25.5 Å². The van der Waals surface area contributed by atoms with Crippen LogP contribution in [0, 0.1) is 11.6 Å². The summed E-state index contributed by atoms with van der Waals surface area (Å²) in [6.07, 6.45) is 5.59. The number of halogens is 2. The number of aromatic nitrogens is 2. The molecule has 3 aliphatic heterocycles. The highest BCUT2D eigenvalue weighted by atomic mass is 19.1. The van der Waals surface area contributed by atoms with Crippen LogP contribution in [0.25, 0.3) is 10.9 Å². The van der Waals surface area contributed by atoms with Crippen LogP contribution in [0.2, 0.25) is 0 Å². The molecule has 4 aromatic carbocycles. The van der Waals surface area contributed by atoms with E-state index in [0.717, 1.165) is 60.7 Å². The lowest BCUT2D eigenvalue weighted by atomic mass is 9.92. The summed E-state index contributed by atoms with van der Waals surface area (Å²) in [4.78, 5) is 82.7. The number of Topliss-reactive ketones (excluding diaryl/α,β-unsaturated/α-hetero) is 2. The number of nitrogens with zero attached hydrogens (tertiary/aromatic N) is 4. The second kappa shape index (κ2) is 21.7. The Hall–Kier alpha value is -7.05. The Morgan fingerprint density at radius 1 is 0.771 bits per heavy atom. The third-order valence-electron chi connectivity index (χ3n) is 13.5. The minimum absolute atomic E-state index is 0.0131. The number of carbonyl (C=O) groups is 6. The van der Waals surface area contributed by atoms with Gasteiger partial charge in [0.2, 0.25) is 5.91 Å². The first-order valence-electron chi connectivity index (χ1n) is 24.2. The van der Waals surface area contributed by atoms with Crippen molar-refractivity contribution in [3.8, 4) is 0 Å². The largest absolute Gasteiger partial charge is 0.385 e. The summed E-state index contributed by atoms with van der Waals surface area (Å²) in [5, 5.41) is 21.0. The van der Waals surface area contributed by atoms with Crippen LogP contribution < -0.4 is 26.2 Å². The van der Waals surface area contributed by atoms with E-state index in [0.29, 0.717) is 105 Å². The molecule has 1 unspecified atom stereocenters. The van der Waals surface area contributed by atoms with Crippen molar-refractivity contribution in [2.75, 3.05) is 79.9 Å². The molecule has 1 aromatic heterocycles. The lowest BCUT2D eigenvalue weighted by molar-refractivity contribution is -0.132. The number of anilines is 4. The summed E-state index contributed by atoms with van der Waals surface area (Å²) >= 11 is 0. The first-order chi connectivity index (χ1) is 33.9. The molecule has 5 N–H and O–H groups in total. The number of rotatable bonds is 18. The number of fused-ring (bicyclic) bond motifs is 2. The van der Waals surface area contributed by atoms with E-state index in [1.54, 1.807) is 18.2 Å². The quantitative estimate of drug-likeness (QED) is 0.0365.